The molecule has 0 radical (unpaired) electrons. The van der Waals surface area contributed by atoms with Gasteiger partial charge in [0.2, 0.25) is 0 Å². The van der Waals surface area contributed by atoms with E-state index in [0.717, 1.165) is 24.0 Å². The zero-order valence-electron chi connectivity index (χ0n) is 9.97. The summed E-state index contributed by atoms with van der Waals surface area (Å²) in [6.07, 6.45) is 1.70. The van der Waals surface area contributed by atoms with Crippen molar-refractivity contribution < 1.29 is 4.79 Å². The SMILES string of the molecule is CCC(CC)(CCl)NC(=O)c1cscc1C. The number of carbonyl (C=O) groups excluding carboxylic acids is 1. The second kappa shape index (κ2) is 5.69. The first-order chi connectivity index (χ1) is 7.58. The number of halogens is 1. The number of hydrogen-bond donors (Lipinski definition) is 1. The maximum absolute atomic E-state index is 12.1. The van der Waals surface area contributed by atoms with Gasteiger partial charge >= 0.3 is 0 Å². The third-order valence-corrected chi connectivity index (χ3v) is 4.46. The van der Waals surface area contributed by atoms with Crippen LogP contribution >= 0.6 is 22.9 Å². The van der Waals surface area contributed by atoms with Crippen LogP contribution in [0.25, 0.3) is 0 Å². The summed E-state index contributed by atoms with van der Waals surface area (Å²) in [7, 11) is 0. The van der Waals surface area contributed by atoms with E-state index >= 15 is 0 Å². The second-order valence-electron chi connectivity index (χ2n) is 4.04. The summed E-state index contributed by atoms with van der Waals surface area (Å²) in [5.41, 5.74) is 1.52. The first-order valence-corrected chi connectivity index (χ1v) is 6.97. The Morgan fingerprint density at radius 3 is 2.44 bits per heavy atom. The van der Waals surface area contributed by atoms with E-state index < -0.39 is 0 Å². The van der Waals surface area contributed by atoms with E-state index in [1.54, 1.807) is 11.3 Å². The molecule has 0 saturated heterocycles. The molecule has 1 rings (SSSR count). The van der Waals surface area contributed by atoms with E-state index in [1.807, 2.05) is 31.5 Å². The summed E-state index contributed by atoms with van der Waals surface area (Å²) in [5.74, 6) is 0.442. The predicted octanol–water partition coefficient (Wildman–Crippen LogP) is 3.58. The summed E-state index contributed by atoms with van der Waals surface area (Å²) in [5, 5.41) is 6.92. The Hall–Kier alpha value is -0.540. The van der Waals surface area contributed by atoms with Gasteiger partial charge in [0.15, 0.2) is 0 Å². The van der Waals surface area contributed by atoms with E-state index in [1.165, 1.54) is 0 Å². The van der Waals surface area contributed by atoms with Gasteiger partial charge in [-0.15, -0.1) is 11.6 Å². The monoisotopic (exact) mass is 259 g/mol. The van der Waals surface area contributed by atoms with Gasteiger partial charge in [0, 0.05) is 11.3 Å². The molecular weight excluding hydrogens is 242 g/mol. The Bertz CT molecular complexity index is 349. The van der Waals surface area contributed by atoms with Crippen LogP contribution in [0.5, 0.6) is 0 Å². The lowest BCUT2D eigenvalue weighted by Crippen LogP contribution is -2.49. The highest BCUT2D eigenvalue weighted by molar-refractivity contribution is 7.08. The van der Waals surface area contributed by atoms with Crippen LogP contribution < -0.4 is 5.32 Å². The van der Waals surface area contributed by atoms with Gasteiger partial charge in [-0.2, -0.15) is 11.3 Å². The molecule has 90 valence electrons. The van der Waals surface area contributed by atoms with E-state index in [9.17, 15) is 4.79 Å². The van der Waals surface area contributed by atoms with Crippen LogP contribution in [0.3, 0.4) is 0 Å². The van der Waals surface area contributed by atoms with Crippen LogP contribution in [-0.4, -0.2) is 17.3 Å². The second-order valence-corrected chi connectivity index (χ2v) is 5.05. The van der Waals surface area contributed by atoms with Gasteiger partial charge in [-0.05, 0) is 30.7 Å². The van der Waals surface area contributed by atoms with Crippen LogP contribution in [0.15, 0.2) is 10.8 Å². The molecule has 0 aromatic carbocycles. The Kier molecular flexibility index (Phi) is 4.81. The molecule has 0 fully saturated rings. The molecule has 0 saturated carbocycles. The fourth-order valence-corrected chi connectivity index (χ4v) is 2.82. The predicted molar refractivity (Wildman–Crippen MR) is 70.6 cm³/mol. The van der Waals surface area contributed by atoms with Gasteiger partial charge in [-0.1, -0.05) is 13.8 Å². The molecule has 1 aromatic rings. The highest BCUT2D eigenvalue weighted by Gasteiger charge is 2.27. The summed E-state index contributed by atoms with van der Waals surface area (Å²) >= 11 is 7.51. The molecule has 0 aliphatic heterocycles. The molecule has 2 nitrogen and oxygen atoms in total. The fourth-order valence-electron chi connectivity index (χ4n) is 1.55. The Morgan fingerprint density at radius 2 is 2.06 bits per heavy atom. The van der Waals surface area contributed by atoms with Gasteiger partial charge in [-0.3, -0.25) is 4.79 Å². The Labute approximate surface area is 106 Å². The summed E-state index contributed by atoms with van der Waals surface area (Å²) < 4.78 is 0. The highest BCUT2D eigenvalue weighted by Crippen LogP contribution is 2.20. The average molecular weight is 260 g/mol. The van der Waals surface area contributed by atoms with Gasteiger partial charge in [0.1, 0.15) is 0 Å². The molecular formula is C12H18ClNOS. The highest BCUT2D eigenvalue weighted by atomic mass is 35.5. The van der Waals surface area contributed by atoms with Crippen LogP contribution in [0.2, 0.25) is 0 Å². The van der Waals surface area contributed by atoms with Crippen LogP contribution in [0.1, 0.15) is 42.6 Å². The van der Waals surface area contributed by atoms with Crippen molar-refractivity contribution in [2.24, 2.45) is 0 Å². The van der Waals surface area contributed by atoms with Crippen molar-refractivity contribution in [2.75, 3.05) is 5.88 Å². The topological polar surface area (TPSA) is 29.1 Å². The largest absolute Gasteiger partial charge is 0.345 e. The number of aryl methyl sites for hydroxylation is 1. The summed E-state index contributed by atoms with van der Waals surface area (Å²) in [4.78, 5) is 12.1. The average Bonchev–Trinajstić information content (AvgIpc) is 2.72. The van der Waals surface area contributed by atoms with Crippen molar-refractivity contribution in [3.63, 3.8) is 0 Å². The van der Waals surface area contributed by atoms with E-state index in [2.05, 4.69) is 5.32 Å². The van der Waals surface area contributed by atoms with E-state index in [-0.39, 0.29) is 11.4 Å². The minimum absolute atomic E-state index is 0.0110. The Morgan fingerprint density at radius 1 is 1.44 bits per heavy atom. The smallest absolute Gasteiger partial charge is 0.252 e. The van der Waals surface area contributed by atoms with E-state index in [0.29, 0.717) is 5.88 Å². The number of hydrogen-bond acceptors (Lipinski definition) is 2. The number of nitrogens with one attached hydrogen (secondary N) is 1. The molecule has 1 amide bonds. The van der Waals surface area contributed by atoms with Crippen molar-refractivity contribution >= 4 is 28.8 Å². The molecule has 16 heavy (non-hydrogen) atoms. The molecule has 0 aliphatic carbocycles. The number of alkyl halides is 1. The van der Waals surface area contributed by atoms with Crippen molar-refractivity contribution in [1.82, 2.24) is 5.32 Å². The minimum atomic E-state index is -0.271. The molecule has 1 heterocycles. The number of rotatable bonds is 5. The maximum atomic E-state index is 12.1. The van der Waals surface area contributed by atoms with Gasteiger partial charge in [0.25, 0.3) is 5.91 Å². The molecule has 1 aromatic heterocycles. The van der Waals surface area contributed by atoms with Crippen molar-refractivity contribution in [3.8, 4) is 0 Å². The number of thiophene rings is 1. The van der Waals surface area contributed by atoms with Gasteiger partial charge in [0.05, 0.1) is 11.1 Å². The standard InChI is InChI=1S/C12H18ClNOS/c1-4-12(5-2,8-13)14-11(15)10-7-16-6-9(10)3/h6-7H,4-5,8H2,1-3H3,(H,14,15). The zero-order chi connectivity index (χ0) is 12.2. The van der Waals surface area contributed by atoms with Crippen LogP contribution in [0, 0.1) is 6.92 Å². The normalized spacial score (nSPS) is 11.5. The first kappa shape index (κ1) is 13.5. The minimum Gasteiger partial charge on any atom is -0.345 e. The third kappa shape index (κ3) is 2.77. The van der Waals surface area contributed by atoms with Gasteiger partial charge in [-0.25, -0.2) is 0 Å². The lowest BCUT2D eigenvalue weighted by Gasteiger charge is -2.30. The first-order valence-electron chi connectivity index (χ1n) is 5.50. The van der Waals surface area contributed by atoms with Gasteiger partial charge < -0.3 is 5.32 Å². The quantitative estimate of drug-likeness (QED) is 0.805. The lowest BCUT2D eigenvalue weighted by atomic mass is 9.94. The van der Waals surface area contributed by atoms with Crippen LogP contribution in [0.4, 0.5) is 0 Å². The summed E-state index contributed by atoms with van der Waals surface area (Å²) in [6, 6.07) is 0. The fraction of sp³-hybridized carbons (Fsp3) is 0.583. The number of carbonyl (C=O) groups is 1. The van der Waals surface area contributed by atoms with Crippen LogP contribution in [-0.2, 0) is 0 Å². The zero-order valence-corrected chi connectivity index (χ0v) is 11.5. The molecule has 0 bridgehead atoms. The van der Waals surface area contributed by atoms with E-state index in [4.69, 9.17) is 11.6 Å². The maximum Gasteiger partial charge on any atom is 0.252 e. The molecule has 1 N–H and O–H groups in total. The molecule has 0 unspecified atom stereocenters. The third-order valence-electron chi connectivity index (χ3n) is 3.09. The Balaban J connectivity index is 2.81. The van der Waals surface area contributed by atoms with Crippen molar-refractivity contribution in [2.45, 2.75) is 39.2 Å². The van der Waals surface area contributed by atoms with Crippen molar-refractivity contribution in [3.05, 3.63) is 21.9 Å². The lowest BCUT2D eigenvalue weighted by molar-refractivity contribution is 0.0902. The molecule has 0 atom stereocenters. The molecule has 0 spiro atoms. The molecule has 4 heteroatoms. The summed E-state index contributed by atoms with van der Waals surface area (Å²) in [6.45, 7) is 6.05. The molecule has 0 aliphatic rings. The van der Waals surface area contributed by atoms with Crippen molar-refractivity contribution in [1.29, 1.82) is 0 Å². The number of amides is 1.